The third-order valence-electron chi connectivity index (χ3n) is 1.88. The number of hydrogen-bond acceptors (Lipinski definition) is 3. The molecule has 1 fully saturated rings. The van der Waals surface area contributed by atoms with E-state index in [0.29, 0.717) is 0 Å². The monoisotopic (exact) mass is 146 g/mol. The summed E-state index contributed by atoms with van der Waals surface area (Å²) in [5, 5.41) is 17.7. The van der Waals surface area contributed by atoms with Crippen LogP contribution >= 0.6 is 0 Å². The van der Waals surface area contributed by atoms with Crippen LogP contribution in [0.4, 0.5) is 0 Å². The number of aliphatic hydroxyl groups excluding tert-OH is 2. The summed E-state index contributed by atoms with van der Waals surface area (Å²) in [6.45, 7) is 1.78. The Morgan fingerprint density at radius 3 is 2.70 bits per heavy atom. The first-order chi connectivity index (χ1) is 4.74. The maximum Gasteiger partial charge on any atom is 0.103 e. The van der Waals surface area contributed by atoms with E-state index in [4.69, 9.17) is 14.9 Å². The molecule has 0 aliphatic carbocycles. The quantitative estimate of drug-likeness (QED) is 0.572. The summed E-state index contributed by atoms with van der Waals surface area (Å²) in [5.74, 6) is 0. The minimum atomic E-state index is -0.690. The lowest BCUT2D eigenvalue weighted by atomic mass is 10.1. The lowest BCUT2D eigenvalue weighted by Gasteiger charge is -2.15. The Kier molecular flexibility index (Phi) is 2.65. The van der Waals surface area contributed by atoms with E-state index < -0.39 is 6.10 Å². The van der Waals surface area contributed by atoms with Crippen LogP contribution in [0.15, 0.2) is 0 Å². The fourth-order valence-electron chi connectivity index (χ4n) is 1.23. The van der Waals surface area contributed by atoms with Crippen molar-refractivity contribution in [2.45, 2.75) is 38.1 Å². The molecule has 0 spiro atoms. The minimum Gasteiger partial charge on any atom is -0.394 e. The van der Waals surface area contributed by atoms with E-state index in [1.165, 1.54) is 0 Å². The Hall–Kier alpha value is -0.120. The van der Waals surface area contributed by atoms with Gasteiger partial charge in [0.15, 0.2) is 0 Å². The van der Waals surface area contributed by atoms with E-state index in [2.05, 4.69) is 0 Å². The van der Waals surface area contributed by atoms with Crippen LogP contribution in [0.3, 0.4) is 0 Å². The molecule has 0 aromatic rings. The molecule has 1 saturated heterocycles. The van der Waals surface area contributed by atoms with Crippen LogP contribution in [0.25, 0.3) is 0 Å². The summed E-state index contributed by atoms with van der Waals surface area (Å²) in [7, 11) is 0. The van der Waals surface area contributed by atoms with Crippen LogP contribution in [0.2, 0.25) is 0 Å². The molecule has 0 radical (unpaired) electrons. The van der Waals surface area contributed by atoms with E-state index in [0.717, 1.165) is 12.8 Å². The minimum absolute atomic E-state index is 0.139. The van der Waals surface area contributed by atoms with E-state index in [1.807, 2.05) is 6.92 Å². The maximum absolute atomic E-state index is 9.10. The van der Waals surface area contributed by atoms with E-state index in [-0.39, 0.29) is 18.8 Å². The zero-order valence-corrected chi connectivity index (χ0v) is 6.16. The third kappa shape index (κ3) is 1.68. The second-order valence-electron chi connectivity index (χ2n) is 2.81. The Morgan fingerprint density at radius 1 is 1.60 bits per heavy atom. The molecule has 1 rings (SSSR count). The second-order valence-corrected chi connectivity index (χ2v) is 2.81. The number of ether oxygens (including phenoxy) is 1. The maximum atomic E-state index is 9.10. The van der Waals surface area contributed by atoms with E-state index in [9.17, 15) is 0 Å². The van der Waals surface area contributed by atoms with Gasteiger partial charge in [-0.1, -0.05) is 0 Å². The predicted molar refractivity (Wildman–Crippen MR) is 36.7 cm³/mol. The molecule has 3 nitrogen and oxygen atoms in total. The molecule has 0 aromatic carbocycles. The van der Waals surface area contributed by atoms with Gasteiger partial charge in [0.05, 0.1) is 18.8 Å². The summed E-state index contributed by atoms with van der Waals surface area (Å²) >= 11 is 0. The SMILES string of the molecule is CC1CC[C@@H](C(O)CO)O1. The van der Waals surface area contributed by atoms with Crippen LogP contribution in [-0.2, 0) is 4.74 Å². The van der Waals surface area contributed by atoms with Crippen LogP contribution in [-0.4, -0.2) is 35.1 Å². The van der Waals surface area contributed by atoms with Gasteiger partial charge >= 0.3 is 0 Å². The normalized spacial score (nSPS) is 36.3. The van der Waals surface area contributed by atoms with Gasteiger partial charge < -0.3 is 14.9 Å². The average molecular weight is 146 g/mol. The van der Waals surface area contributed by atoms with Crippen LogP contribution in [0.5, 0.6) is 0 Å². The van der Waals surface area contributed by atoms with Gasteiger partial charge in [-0.2, -0.15) is 0 Å². The number of aliphatic hydroxyl groups is 2. The van der Waals surface area contributed by atoms with Gasteiger partial charge in [0, 0.05) is 0 Å². The molecule has 3 heteroatoms. The molecule has 0 saturated carbocycles. The van der Waals surface area contributed by atoms with E-state index >= 15 is 0 Å². The molecule has 0 bridgehead atoms. The molecule has 60 valence electrons. The van der Waals surface area contributed by atoms with Crippen LogP contribution in [0, 0.1) is 0 Å². The molecule has 0 aromatic heterocycles. The van der Waals surface area contributed by atoms with Crippen LogP contribution < -0.4 is 0 Å². The molecule has 1 aliphatic rings. The smallest absolute Gasteiger partial charge is 0.103 e. The Bertz CT molecular complexity index is 105. The lowest BCUT2D eigenvalue weighted by Crippen LogP contribution is -2.29. The van der Waals surface area contributed by atoms with Gasteiger partial charge in [0.25, 0.3) is 0 Å². The summed E-state index contributed by atoms with van der Waals surface area (Å²) in [4.78, 5) is 0. The summed E-state index contributed by atoms with van der Waals surface area (Å²) in [5.41, 5.74) is 0. The summed E-state index contributed by atoms with van der Waals surface area (Å²) in [6.07, 6.45) is 1.26. The zero-order chi connectivity index (χ0) is 7.56. The van der Waals surface area contributed by atoms with Crippen molar-refractivity contribution in [3.05, 3.63) is 0 Å². The Morgan fingerprint density at radius 2 is 2.30 bits per heavy atom. The molecular weight excluding hydrogens is 132 g/mol. The first kappa shape index (κ1) is 7.98. The summed E-state index contributed by atoms with van der Waals surface area (Å²) < 4.78 is 5.30. The highest BCUT2D eigenvalue weighted by Crippen LogP contribution is 2.21. The Balaban J connectivity index is 2.29. The first-order valence-corrected chi connectivity index (χ1v) is 3.68. The van der Waals surface area contributed by atoms with Gasteiger partial charge in [-0.25, -0.2) is 0 Å². The number of rotatable bonds is 2. The third-order valence-corrected chi connectivity index (χ3v) is 1.88. The number of hydrogen-bond donors (Lipinski definition) is 2. The molecule has 10 heavy (non-hydrogen) atoms. The Labute approximate surface area is 60.6 Å². The molecule has 3 atom stereocenters. The van der Waals surface area contributed by atoms with Crippen molar-refractivity contribution < 1.29 is 14.9 Å². The van der Waals surface area contributed by atoms with Crippen molar-refractivity contribution in [3.63, 3.8) is 0 Å². The van der Waals surface area contributed by atoms with Crippen molar-refractivity contribution in [3.8, 4) is 0 Å². The molecule has 1 aliphatic heterocycles. The molecule has 1 heterocycles. The zero-order valence-electron chi connectivity index (χ0n) is 6.16. The first-order valence-electron chi connectivity index (χ1n) is 3.68. The topological polar surface area (TPSA) is 49.7 Å². The molecule has 0 amide bonds. The standard InChI is InChI=1S/C7H14O3/c1-5-2-3-7(10-5)6(9)4-8/h5-9H,2-4H2,1H3/t5?,6?,7-/m0/s1. The van der Waals surface area contributed by atoms with Gasteiger partial charge in [0.1, 0.15) is 6.10 Å². The lowest BCUT2D eigenvalue weighted by molar-refractivity contribution is -0.0490. The fraction of sp³-hybridized carbons (Fsp3) is 1.00. The highest BCUT2D eigenvalue weighted by Gasteiger charge is 2.27. The molecule has 2 N–H and O–H groups in total. The van der Waals surface area contributed by atoms with Gasteiger partial charge in [-0.3, -0.25) is 0 Å². The second kappa shape index (κ2) is 3.32. The van der Waals surface area contributed by atoms with E-state index in [1.54, 1.807) is 0 Å². The van der Waals surface area contributed by atoms with Crippen molar-refractivity contribution in [2.24, 2.45) is 0 Å². The average Bonchev–Trinajstić information content (AvgIpc) is 2.34. The van der Waals surface area contributed by atoms with Crippen molar-refractivity contribution >= 4 is 0 Å². The van der Waals surface area contributed by atoms with Crippen LogP contribution in [0.1, 0.15) is 19.8 Å². The summed E-state index contributed by atoms with van der Waals surface area (Å²) in [6, 6.07) is 0. The largest absolute Gasteiger partial charge is 0.394 e. The predicted octanol–water partition coefficient (Wildman–Crippen LogP) is -0.0929. The molecular formula is C7H14O3. The highest BCUT2D eigenvalue weighted by atomic mass is 16.5. The van der Waals surface area contributed by atoms with Crippen molar-refractivity contribution in [2.75, 3.05) is 6.61 Å². The van der Waals surface area contributed by atoms with Gasteiger partial charge in [0.2, 0.25) is 0 Å². The fourth-order valence-corrected chi connectivity index (χ4v) is 1.23. The van der Waals surface area contributed by atoms with Gasteiger partial charge in [-0.15, -0.1) is 0 Å². The van der Waals surface area contributed by atoms with Crippen molar-refractivity contribution in [1.82, 2.24) is 0 Å². The van der Waals surface area contributed by atoms with Crippen molar-refractivity contribution in [1.29, 1.82) is 0 Å². The van der Waals surface area contributed by atoms with Gasteiger partial charge in [-0.05, 0) is 19.8 Å². The highest BCUT2D eigenvalue weighted by molar-refractivity contribution is 4.76. The molecule has 2 unspecified atom stereocenters.